The molecule has 0 aromatic heterocycles. The predicted octanol–water partition coefficient (Wildman–Crippen LogP) is 3.81. The van der Waals surface area contributed by atoms with Crippen molar-refractivity contribution < 1.29 is 4.79 Å². The quantitative estimate of drug-likeness (QED) is 0.837. The van der Waals surface area contributed by atoms with Gasteiger partial charge in [-0.25, -0.2) is 0 Å². The van der Waals surface area contributed by atoms with Gasteiger partial charge in [-0.1, -0.05) is 48.8 Å². The zero-order valence-electron chi connectivity index (χ0n) is 9.96. The molecule has 0 saturated heterocycles. The monoisotopic (exact) mass is 283 g/mol. The van der Waals surface area contributed by atoms with Gasteiger partial charge in [-0.05, 0) is 23.6 Å². The van der Waals surface area contributed by atoms with Crippen LogP contribution in [0, 0.1) is 11.8 Å². The van der Waals surface area contributed by atoms with E-state index in [4.69, 9.17) is 0 Å². The smallest absolute Gasteiger partial charge is 0.227 e. The van der Waals surface area contributed by atoms with E-state index in [1.165, 1.54) is 0 Å². The van der Waals surface area contributed by atoms with Crippen molar-refractivity contribution >= 4 is 27.5 Å². The van der Waals surface area contributed by atoms with E-state index in [1.54, 1.807) is 0 Å². The third kappa shape index (κ3) is 3.63. The van der Waals surface area contributed by atoms with Crippen LogP contribution in [-0.2, 0) is 10.1 Å². The van der Waals surface area contributed by atoms with E-state index in [-0.39, 0.29) is 11.8 Å². The standard InChI is InChI=1S/C13H18BrNO/c1-9(2)10(3)13(16)15-12-6-4-5-11(7-12)8-14/h4-7,9-10H,8H2,1-3H3,(H,15,16). The highest BCUT2D eigenvalue weighted by Gasteiger charge is 2.16. The minimum atomic E-state index is 0.0348. The van der Waals surface area contributed by atoms with Crippen LogP contribution in [0.5, 0.6) is 0 Å². The minimum Gasteiger partial charge on any atom is -0.326 e. The Bertz CT molecular complexity index is 363. The highest BCUT2D eigenvalue weighted by Crippen LogP contribution is 2.16. The third-order valence-corrected chi connectivity index (χ3v) is 3.41. The van der Waals surface area contributed by atoms with E-state index in [2.05, 4.69) is 35.1 Å². The molecule has 0 heterocycles. The summed E-state index contributed by atoms with van der Waals surface area (Å²) < 4.78 is 0. The summed E-state index contributed by atoms with van der Waals surface area (Å²) in [7, 11) is 0. The molecular formula is C13H18BrNO. The van der Waals surface area contributed by atoms with Crippen molar-refractivity contribution in [2.45, 2.75) is 26.1 Å². The summed E-state index contributed by atoms with van der Waals surface area (Å²) >= 11 is 3.40. The summed E-state index contributed by atoms with van der Waals surface area (Å²) in [5.41, 5.74) is 2.03. The number of nitrogens with one attached hydrogen (secondary N) is 1. The van der Waals surface area contributed by atoms with Crippen LogP contribution < -0.4 is 5.32 Å². The van der Waals surface area contributed by atoms with Crippen LogP contribution in [0.2, 0.25) is 0 Å². The molecule has 0 saturated carbocycles. The van der Waals surface area contributed by atoms with Gasteiger partial charge in [-0.2, -0.15) is 0 Å². The van der Waals surface area contributed by atoms with Crippen LogP contribution in [0.15, 0.2) is 24.3 Å². The lowest BCUT2D eigenvalue weighted by atomic mass is 9.97. The third-order valence-electron chi connectivity index (χ3n) is 2.76. The molecule has 3 heteroatoms. The Morgan fingerprint density at radius 2 is 2.06 bits per heavy atom. The highest BCUT2D eigenvalue weighted by atomic mass is 79.9. The molecule has 0 fully saturated rings. The van der Waals surface area contributed by atoms with Gasteiger partial charge in [0, 0.05) is 16.9 Å². The van der Waals surface area contributed by atoms with E-state index in [0.29, 0.717) is 5.92 Å². The predicted molar refractivity (Wildman–Crippen MR) is 71.7 cm³/mol. The summed E-state index contributed by atoms with van der Waals surface area (Å²) in [4.78, 5) is 11.8. The van der Waals surface area contributed by atoms with Crippen molar-refractivity contribution in [3.63, 3.8) is 0 Å². The van der Waals surface area contributed by atoms with Crippen LogP contribution in [0.4, 0.5) is 5.69 Å². The molecule has 2 nitrogen and oxygen atoms in total. The van der Waals surface area contributed by atoms with E-state index in [1.807, 2.05) is 31.2 Å². The molecule has 1 aromatic rings. The second kappa shape index (κ2) is 6.04. The zero-order valence-corrected chi connectivity index (χ0v) is 11.5. The largest absolute Gasteiger partial charge is 0.326 e. The molecule has 1 aromatic carbocycles. The van der Waals surface area contributed by atoms with Gasteiger partial charge in [-0.15, -0.1) is 0 Å². The summed E-state index contributed by atoms with van der Waals surface area (Å²) in [6.07, 6.45) is 0. The van der Waals surface area contributed by atoms with Gasteiger partial charge >= 0.3 is 0 Å². The topological polar surface area (TPSA) is 29.1 Å². The molecule has 0 aliphatic carbocycles. The van der Waals surface area contributed by atoms with Crippen LogP contribution in [0.1, 0.15) is 26.3 Å². The molecule has 1 atom stereocenters. The van der Waals surface area contributed by atoms with E-state index < -0.39 is 0 Å². The summed E-state index contributed by atoms with van der Waals surface area (Å²) in [5.74, 6) is 0.480. The van der Waals surface area contributed by atoms with Crippen molar-refractivity contribution in [2.75, 3.05) is 5.32 Å². The number of hydrogen-bond donors (Lipinski definition) is 1. The van der Waals surface area contributed by atoms with E-state index >= 15 is 0 Å². The first-order valence-corrected chi connectivity index (χ1v) is 6.62. The van der Waals surface area contributed by atoms with Crippen LogP contribution in [0.3, 0.4) is 0 Å². The number of benzene rings is 1. The van der Waals surface area contributed by atoms with Crippen molar-refractivity contribution in [2.24, 2.45) is 11.8 Å². The second-order valence-electron chi connectivity index (χ2n) is 4.36. The Balaban J connectivity index is 2.69. The number of hydrogen-bond acceptors (Lipinski definition) is 1. The first-order valence-electron chi connectivity index (χ1n) is 5.50. The Kier molecular flexibility index (Phi) is 5.00. The number of anilines is 1. The Labute approximate surface area is 106 Å². The Morgan fingerprint density at radius 1 is 1.38 bits per heavy atom. The molecule has 0 bridgehead atoms. The van der Waals surface area contributed by atoms with Crippen LogP contribution >= 0.6 is 15.9 Å². The maximum absolute atomic E-state index is 11.8. The fraction of sp³-hybridized carbons (Fsp3) is 0.462. The lowest BCUT2D eigenvalue weighted by Gasteiger charge is -2.15. The number of amides is 1. The SMILES string of the molecule is CC(C)C(C)C(=O)Nc1cccc(CBr)c1. The molecular weight excluding hydrogens is 266 g/mol. The summed E-state index contributed by atoms with van der Waals surface area (Å²) in [6, 6.07) is 7.87. The molecule has 0 radical (unpaired) electrons. The minimum absolute atomic E-state index is 0.0348. The van der Waals surface area contributed by atoms with Crippen molar-refractivity contribution in [3.05, 3.63) is 29.8 Å². The normalized spacial score (nSPS) is 12.6. The molecule has 0 aliphatic heterocycles. The average molecular weight is 284 g/mol. The fourth-order valence-corrected chi connectivity index (χ4v) is 1.64. The highest BCUT2D eigenvalue weighted by molar-refractivity contribution is 9.08. The molecule has 0 spiro atoms. The van der Waals surface area contributed by atoms with E-state index in [9.17, 15) is 4.79 Å². The molecule has 16 heavy (non-hydrogen) atoms. The Morgan fingerprint density at radius 3 is 2.62 bits per heavy atom. The average Bonchev–Trinajstić information content (AvgIpc) is 2.28. The molecule has 88 valence electrons. The number of alkyl halides is 1. The van der Waals surface area contributed by atoms with Gasteiger partial charge in [0.25, 0.3) is 0 Å². The first-order chi connectivity index (χ1) is 7.54. The first kappa shape index (κ1) is 13.2. The van der Waals surface area contributed by atoms with Gasteiger partial charge < -0.3 is 5.32 Å². The summed E-state index contributed by atoms with van der Waals surface area (Å²) in [6.45, 7) is 6.06. The van der Waals surface area contributed by atoms with Crippen molar-refractivity contribution in [1.29, 1.82) is 0 Å². The van der Waals surface area contributed by atoms with Gasteiger partial charge in [-0.3, -0.25) is 4.79 Å². The number of carbonyl (C=O) groups is 1. The second-order valence-corrected chi connectivity index (χ2v) is 4.92. The number of rotatable bonds is 4. The maximum Gasteiger partial charge on any atom is 0.227 e. The van der Waals surface area contributed by atoms with Gasteiger partial charge in [0.05, 0.1) is 0 Å². The van der Waals surface area contributed by atoms with Crippen molar-refractivity contribution in [1.82, 2.24) is 0 Å². The van der Waals surface area contributed by atoms with E-state index in [0.717, 1.165) is 16.6 Å². The molecule has 1 N–H and O–H groups in total. The van der Waals surface area contributed by atoms with Crippen molar-refractivity contribution in [3.8, 4) is 0 Å². The van der Waals surface area contributed by atoms with Gasteiger partial charge in [0.1, 0.15) is 0 Å². The molecule has 0 aliphatic rings. The maximum atomic E-state index is 11.8. The lowest BCUT2D eigenvalue weighted by molar-refractivity contribution is -0.120. The lowest BCUT2D eigenvalue weighted by Crippen LogP contribution is -2.24. The van der Waals surface area contributed by atoms with Crippen LogP contribution in [0.25, 0.3) is 0 Å². The number of halogens is 1. The molecule has 1 rings (SSSR count). The number of carbonyl (C=O) groups excluding carboxylic acids is 1. The van der Waals surface area contributed by atoms with Gasteiger partial charge in [0.2, 0.25) is 5.91 Å². The Hall–Kier alpha value is -0.830. The zero-order chi connectivity index (χ0) is 12.1. The molecule has 1 amide bonds. The molecule has 1 unspecified atom stereocenters. The van der Waals surface area contributed by atoms with Gasteiger partial charge in [0.15, 0.2) is 0 Å². The fourth-order valence-electron chi connectivity index (χ4n) is 1.29. The summed E-state index contributed by atoms with van der Waals surface area (Å²) in [5, 5.41) is 3.74. The van der Waals surface area contributed by atoms with Crippen LogP contribution in [-0.4, -0.2) is 5.91 Å².